The highest BCUT2D eigenvalue weighted by molar-refractivity contribution is 7.14. The Morgan fingerprint density at radius 3 is 3.00 bits per heavy atom. The van der Waals surface area contributed by atoms with Crippen molar-refractivity contribution >= 4 is 17.1 Å². The summed E-state index contributed by atoms with van der Waals surface area (Å²) < 4.78 is 0. The van der Waals surface area contributed by atoms with Crippen LogP contribution in [-0.4, -0.2) is 18.4 Å². The quantitative estimate of drug-likeness (QED) is 0.832. The van der Waals surface area contributed by atoms with Gasteiger partial charge in [-0.05, 0) is 43.9 Å². The highest BCUT2D eigenvalue weighted by Crippen LogP contribution is 2.22. The number of rotatable bonds is 4. The summed E-state index contributed by atoms with van der Waals surface area (Å²) in [6.07, 6.45) is 4.06. The molecule has 2 unspecified atom stereocenters. The number of ketones is 1. The van der Waals surface area contributed by atoms with Gasteiger partial charge in [0.25, 0.3) is 0 Å². The van der Waals surface area contributed by atoms with Crippen LogP contribution in [0, 0.1) is 5.92 Å². The Balaban J connectivity index is 1.92. The summed E-state index contributed by atoms with van der Waals surface area (Å²) in [6.45, 7) is 5.47. The Morgan fingerprint density at radius 1 is 1.53 bits per heavy atom. The van der Waals surface area contributed by atoms with Crippen molar-refractivity contribution in [1.29, 1.82) is 0 Å². The lowest BCUT2D eigenvalue weighted by molar-refractivity contribution is 0.0963. The molecule has 1 saturated heterocycles. The highest BCUT2D eigenvalue weighted by atomic mass is 32.1. The number of carbonyl (C=O) groups is 1. The third-order valence-electron chi connectivity index (χ3n) is 3.47. The van der Waals surface area contributed by atoms with Gasteiger partial charge in [-0.1, -0.05) is 13.8 Å². The SMILES string of the molecule is CCc1ccc(C(=O)CC2CC(C)CCN2)s1. The standard InChI is InChI=1S/C14H21NOS/c1-3-12-4-5-14(17-12)13(16)9-11-8-10(2)6-7-15-11/h4-5,10-11,15H,3,6-9H2,1-2H3. The molecule has 1 N–H and O–H groups in total. The minimum absolute atomic E-state index is 0.307. The number of hydrogen-bond donors (Lipinski definition) is 1. The van der Waals surface area contributed by atoms with Crippen molar-refractivity contribution in [2.45, 2.75) is 45.6 Å². The molecular weight excluding hydrogens is 230 g/mol. The maximum atomic E-state index is 12.1. The molecule has 0 saturated carbocycles. The number of thiophene rings is 1. The second-order valence-corrected chi connectivity index (χ2v) is 6.20. The molecule has 2 heterocycles. The number of nitrogens with one attached hydrogen (secondary N) is 1. The second-order valence-electron chi connectivity index (χ2n) is 5.03. The third-order valence-corrected chi connectivity index (χ3v) is 4.74. The molecule has 1 fully saturated rings. The number of carbonyl (C=O) groups excluding carboxylic acids is 1. The van der Waals surface area contributed by atoms with Crippen molar-refractivity contribution in [3.05, 3.63) is 21.9 Å². The minimum Gasteiger partial charge on any atom is -0.314 e. The molecule has 0 amide bonds. The van der Waals surface area contributed by atoms with Gasteiger partial charge in [0.2, 0.25) is 0 Å². The molecule has 94 valence electrons. The normalized spacial score (nSPS) is 24.8. The first-order chi connectivity index (χ1) is 8.19. The smallest absolute Gasteiger partial charge is 0.174 e. The molecule has 1 aliphatic rings. The molecule has 3 heteroatoms. The van der Waals surface area contributed by atoms with Gasteiger partial charge in [0.15, 0.2) is 5.78 Å². The first-order valence-electron chi connectivity index (χ1n) is 6.54. The zero-order chi connectivity index (χ0) is 12.3. The lowest BCUT2D eigenvalue weighted by Crippen LogP contribution is -2.38. The van der Waals surface area contributed by atoms with Gasteiger partial charge in [0.05, 0.1) is 4.88 Å². The molecule has 0 aromatic carbocycles. The largest absolute Gasteiger partial charge is 0.314 e. The average Bonchev–Trinajstić information content (AvgIpc) is 2.77. The van der Waals surface area contributed by atoms with E-state index in [4.69, 9.17) is 0 Å². The summed E-state index contributed by atoms with van der Waals surface area (Å²) in [5, 5.41) is 3.45. The monoisotopic (exact) mass is 251 g/mol. The fraction of sp³-hybridized carbons (Fsp3) is 0.643. The zero-order valence-electron chi connectivity index (χ0n) is 10.7. The third kappa shape index (κ3) is 3.39. The first-order valence-corrected chi connectivity index (χ1v) is 7.36. The van der Waals surface area contributed by atoms with Gasteiger partial charge in [0, 0.05) is 17.3 Å². The van der Waals surface area contributed by atoms with Crippen LogP contribution < -0.4 is 5.32 Å². The number of hydrogen-bond acceptors (Lipinski definition) is 3. The summed E-state index contributed by atoms with van der Waals surface area (Å²) >= 11 is 1.65. The van der Waals surface area contributed by atoms with Crippen molar-refractivity contribution in [3.8, 4) is 0 Å². The van der Waals surface area contributed by atoms with Crippen LogP contribution in [0.5, 0.6) is 0 Å². The van der Waals surface area contributed by atoms with E-state index in [9.17, 15) is 4.79 Å². The molecule has 1 aromatic heterocycles. The van der Waals surface area contributed by atoms with Crippen LogP contribution in [0.1, 0.15) is 47.7 Å². The topological polar surface area (TPSA) is 29.1 Å². The molecule has 2 rings (SSSR count). The Hall–Kier alpha value is -0.670. The lowest BCUT2D eigenvalue weighted by Gasteiger charge is -2.27. The molecule has 2 atom stereocenters. The van der Waals surface area contributed by atoms with E-state index in [0.717, 1.165) is 30.2 Å². The molecule has 1 aliphatic heterocycles. The molecular formula is C14H21NOS. The number of piperidine rings is 1. The van der Waals surface area contributed by atoms with Crippen molar-refractivity contribution < 1.29 is 4.79 Å². The average molecular weight is 251 g/mol. The van der Waals surface area contributed by atoms with E-state index in [1.54, 1.807) is 11.3 Å². The van der Waals surface area contributed by atoms with Crippen molar-refractivity contribution in [2.75, 3.05) is 6.54 Å². The summed E-state index contributed by atoms with van der Waals surface area (Å²) in [6, 6.07) is 4.45. The van der Waals surface area contributed by atoms with Crippen LogP contribution >= 0.6 is 11.3 Å². The van der Waals surface area contributed by atoms with E-state index in [0.29, 0.717) is 18.2 Å². The van der Waals surface area contributed by atoms with E-state index >= 15 is 0 Å². The molecule has 0 bridgehead atoms. The molecule has 1 aromatic rings. The Labute approximate surface area is 107 Å². The van der Waals surface area contributed by atoms with Crippen LogP contribution in [-0.2, 0) is 6.42 Å². The van der Waals surface area contributed by atoms with E-state index in [2.05, 4.69) is 25.2 Å². The lowest BCUT2D eigenvalue weighted by atomic mass is 9.91. The predicted octanol–water partition coefficient (Wildman–Crippen LogP) is 3.27. The van der Waals surface area contributed by atoms with Gasteiger partial charge in [-0.2, -0.15) is 0 Å². The Morgan fingerprint density at radius 2 is 2.35 bits per heavy atom. The van der Waals surface area contributed by atoms with Gasteiger partial charge in [0.1, 0.15) is 0 Å². The molecule has 0 radical (unpaired) electrons. The first kappa shape index (κ1) is 12.8. The van der Waals surface area contributed by atoms with E-state index in [1.165, 1.54) is 11.3 Å². The fourth-order valence-electron chi connectivity index (χ4n) is 2.42. The maximum Gasteiger partial charge on any atom is 0.174 e. The maximum absolute atomic E-state index is 12.1. The van der Waals surface area contributed by atoms with Crippen LogP contribution in [0.2, 0.25) is 0 Å². The number of aryl methyl sites for hydroxylation is 1. The minimum atomic E-state index is 0.307. The summed E-state index contributed by atoms with van der Waals surface area (Å²) in [4.78, 5) is 14.4. The van der Waals surface area contributed by atoms with Crippen LogP contribution in [0.25, 0.3) is 0 Å². The highest BCUT2D eigenvalue weighted by Gasteiger charge is 2.21. The van der Waals surface area contributed by atoms with Crippen LogP contribution in [0.3, 0.4) is 0 Å². The van der Waals surface area contributed by atoms with Crippen molar-refractivity contribution in [1.82, 2.24) is 5.32 Å². The molecule has 2 nitrogen and oxygen atoms in total. The van der Waals surface area contributed by atoms with Gasteiger partial charge in [-0.25, -0.2) is 0 Å². The van der Waals surface area contributed by atoms with Gasteiger partial charge >= 0.3 is 0 Å². The van der Waals surface area contributed by atoms with Gasteiger partial charge < -0.3 is 5.32 Å². The van der Waals surface area contributed by atoms with E-state index in [-0.39, 0.29) is 0 Å². The summed E-state index contributed by atoms with van der Waals surface area (Å²) in [5.74, 6) is 1.06. The fourth-order valence-corrected chi connectivity index (χ4v) is 3.31. The van der Waals surface area contributed by atoms with E-state index < -0.39 is 0 Å². The van der Waals surface area contributed by atoms with Crippen molar-refractivity contribution in [2.24, 2.45) is 5.92 Å². The zero-order valence-corrected chi connectivity index (χ0v) is 11.5. The summed E-state index contributed by atoms with van der Waals surface area (Å²) in [5.41, 5.74) is 0. The molecule has 0 spiro atoms. The predicted molar refractivity (Wildman–Crippen MR) is 72.8 cm³/mol. The molecule has 0 aliphatic carbocycles. The number of Topliss-reactive ketones (excluding diaryl/α,β-unsaturated/α-hetero) is 1. The summed E-state index contributed by atoms with van der Waals surface area (Å²) in [7, 11) is 0. The van der Waals surface area contributed by atoms with Gasteiger partial charge in [-0.3, -0.25) is 4.79 Å². The second kappa shape index (κ2) is 5.78. The van der Waals surface area contributed by atoms with Crippen LogP contribution in [0.15, 0.2) is 12.1 Å². The van der Waals surface area contributed by atoms with Crippen LogP contribution in [0.4, 0.5) is 0 Å². The van der Waals surface area contributed by atoms with Gasteiger partial charge in [-0.15, -0.1) is 11.3 Å². The van der Waals surface area contributed by atoms with E-state index in [1.807, 2.05) is 6.07 Å². The van der Waals surface area contributed by atoms with Crippen molar-refractivity contribution in [3.63, 3.8) is 0 Å². The Bertz CT molecular complexity index is 385. The molecule has 17 heavy (non-hydrogen) atoms. The Kier molecular flexibility index (Phi) is 4.35.